The first-order chi connectivity index (χ1) is 6.18. The van der Waals surface area contributed by atoms with E-state index in [0.717, 1.165) is 5.56 Å². The van der Waals surface area contributed by atoms with Crippen molar-refractivity contribution in [3.8, 4) is 0 Å². The molecule has 1 rings (SSSR count). The summed E-state index contributed by atoms with van der Waals surface area (Å²) in [7, 11) is 0. The first-order valence-electron chi connectivity index (χ1n) is 4.44. The Bertz CT molecular complexity index is 275. The lowest BCUT2D eigenvalue weighted by Crippen LogP contribution is -1.96. The Morgan fingerprint density at radius 1 is 1.23 bits per heavy atom. The molecule has 1 aromatic carbocycles. The van der Waals surface area contributed by atoms with E-state index in [-0.39, 0.29) is 6.10 Å². The van der Waals surface area contributed by atoms with Gasteiger partial charge >= 0.3 is 0 Å². The maximum atomic E-state index is 5.05. The van der Waals surface area contributed by atoms with Gasteiger partial charge in [0.2, 0.25) is 0 Å². The molecule has 0 amide bonds. The van der Waals surface area contributed by atoms with Crippen molar-refractivity contribution in [1.82, 2.24) is 0 Å². The Hall–Kier alpha value is -1.31. The summed E-state index contributed by atoms with van der Waals surface area (Å²) >= 11 is 0. The van der Waals surface area contributed by atoms with Crippen LogP contribution in [0.15, 0.2) is 29.4 Å². The second-order valence-electron chi connectivity index (χ2n) is 3.30. The summed E-state index contributed by atoms with van der Waals surface area (Å²) in [6.07, 6.45) is 1.86. The number of aryl methyl sites for hydroxylation is 1. The highest BCUT2D eigenvalue weighted by Gasteiger charge is 1.89. The second kappa shape index (κ2) is 4.65. The molecule has 0 saturated heterocycles. The second-order valence-corrected chi connectivity index (χ2v) is 3.30. The third-order valence-corrected chi connectivity index (χ3v) is 1.55. The van der Waals surface area contributed by atoms with Gasteiger partial charge in [0.15, 0.2) is 0 Å². The van der Waals surface area contributed by atoms with Gasteiger partial charge in [-0.25, -0.2) is 0 Å². The van der Waals surface area contributed by atoms with Crippen molar-refractivity contribution in [1.29, 1.82) is 0 Å². The Balaban J connectivity index is 2.54. The Kier molecular flexibility index (Phi) is 3.50. The molecule has 0 aliphatic heterocycles. The molecule has 0 atom stereocenters. The van der Waals surface area contributed by atoms with E-state index < -0.39 is 0 Å². The molecular weight excluding hydrogens is 162 g/mol. The molecule has 0 spiro atoms. The fraction of sp³-hybridized carbons (Fsp3) is 0.364. The van der Waals surface area contributed by atoms with E-state index in [9.17, 15) is 0 Å². The number of nitrogens with zero attached hydrogens (tertiary/aromatic N) is 1. The summed E-state index contributed by atoms with van der Waals surface area (Å²) in [5.74, 6) is 0. The van der Waals surface area contributed by atoms with Crippen molar-refractivity contribution >= 4 is 6.21 Å². The summed E-state index contributed by atoms with van der Waals surface area (Å²) in [6, 6.07) is 8.14. The van der Waals surface area contributed by atoms with Gasteiger partial charge in [0.05, 0.1) is 6.21 Å². The summed E-state index contributed by atoms with van der Waals surface area (Å²) in [6.45, 7) is 5.96. The average Bonchev–Trinajstić information content (AvgIpc) is 2.08. The molecule has 0 aliphatic carbocycles. The van der Waals surface area contributed by atoms with Crippen LogP contribution >= 0.6 is 0 Å². The molecule has 0 heterocycles. The van der Waals surface area contributed by atoms with Gasteiger partial charge in [-0.15, -0.1) is 0 Å². The number of rotatable bonds is 3. The molecule has 0 N–H and O–H groups in total. The lowest BCUT2D eigenvalue weighted by Gasteiger charge is -2.00. The van der Waals surface area contributed by atoms with E-state index in [1.807, 2.05) is 26.0 Å². The fourth-order valence-electron chi connectivity index (χ4n) is 0.866. The number of hydrogen-bond acceptors (Lipinski definition) is 2. The molecule has 2 heteroatoms. The van der Waals surface area contributed by atoms with Gasteiger partial charge in [0.25, 0.3) is 0 Å². The zero-order chi connectivity index (χ0) is 9.68. The molecule has 0 radical (unpaired) electrons. The molecule has 13 heavy (non-hydrogen) atoms. The van der Waals surface area contributed by atoms with Crippen LogP contribution in [0.3, 0.4) is 0 Å². The predicted molar refractivity (Wildman–Crippen MR) is 55.0 cm³/mol. The first kappa shape index (κ1) is 9.78. The van der Waals surface area contributed by atoms with E-state index >= 15 is 0 Å². The minimum absolute atomic E-state index is 0.140. The van der Waals surface area contributed by atoms with Crippen molar-refractivity contribution in [3.63, 3.8) is 0 Å². The van der Waals surface area contributed by atoms with Gasteiger partial charge in [-0.05, 0) is 26.3 Å². The quantitative estimate of drug-likeness (QED) is 0.514. The van der Waals surface area contributed by atoms with Gasteiger partial charge in [0.1, 0.15) is 6.10 Å². The molecule has 2 nitrogen and oxygen atoms in total. The zero-order valence-corrected chi connectivity index (χ0v) is 8.32. The Morgan fingerprint density at radius 2 is 1.85 bits per heavy atom. The molecule has 0 aromatic heterocycles. The Morgan fingerprint density at radius 3 is 2.38 bits per heavy atom. The van der Waals surface area contributed by atoms with Gasteiger partial charge in [-0.3, -0.25) is 0 Å². The van der Waals surface area contributed by atoms with Crippen LogP contribution in [0.2, 0.25) is 0 Å². The highest BCUT2D eigenvalue weighted by atomic mass is 16.6. The van der Waals surface area contributed by atoms with E-state index in [0.29, 0.717) is 0 Å². The van der Waals surface area contributed by atoms with Crippen molar-refractivity contribution < 1.29 is 4.84 Å². The van der Waals surface area contributed by atoms with Gasteiger partial charge < -0.3 is 4.84 Å². The summed E-state index contributed by atoms with van der Waals surface area (Å²) in [4.78, 5) is 5.05. The SMILES string of the molecule is Cc1ccc(C=NOC(C)C)cc1. The average molecular weight is 177 g/mol. The molecule has 0 saturated carbocycles. The molecule has 0 aliphatic rings. The van der Waals surface area contributed by atoms with Crippen molar-refractivity contribution in [2.24, 2.45) is 5.16 Å². The summed E-state index contributed by atoms with van der Waals surface area (Å²) in [5.41, 5.74) is 2.31. The summed E-state index contributed by atoms with van der Waals surface area (Å²) < 4.78 is 0. The monoisotopic (exact) mass is 177 g/mol. The molecule has 0 bridgehead atoms. The smallest absolute Gasteiger partial charge is 0.122 e. The predicted octanol–water partition coefficient (Wildman–Crippen LogP) is 2.75. The van der Waals surface area contributed by atoms with Crippen LogP contribution in [0.25, 0.3) is 0 Å². The lowest BCUT2D eigenvalue weighted by atomic mass is 10.2. The number of oxime groups is 1. The maximum Gasteiger partial charge on any atom is 0.122 e. The number of benzene rings is 1. The van der Waals surface area contributed by atoms with Crippen LogP contribution in [0, 0.1) is 6.92 Å². The van der Waals surface area contributed by atoms with Crippen LogP contribution in [-0.4, -0.2) is 12.3 Å². The highest BCUT2D eigenvalue weighted by Crippen LogP contribution is 2.00. The van der Waals surface area contributed by atoms with Gasteiger partial charge in [-0.2, -0.15) is 0 Å². The van der Waals surface area contributed by atoms with Crippen LogP contribution < -0.4 is 0 Å². The van der Waals surface area contributed by atoms with Gasteiger partial charge in [-0.1, -0.05) is 35.0 Å². The number of hydrogen-bond donors (Lipinski definition) is 0. The Labute approximate surface area is 79.2 Å². The normalized spacial score (nSPS) is 11.1. The minimum Gasteiger partial charge on any atom is -0.393 e. The fourth-order valence-corrected chi connectivity index (χ4v) is 0.866. The van der Waals surface area contributed by atoms with E-state index in [1.165, 1.54) is 5.56 Å². The summed E-state index contributed by atoms with van der Waals surface area (Å²) in [5, 5.41) is 3.85. The van der Waals surface area contributed by atoms with Crippen molar-refractivity contribution in [2.45, 2.75) is 26.9 Å². The van der Waals surface area contributed by atoms with E-state index in [1.54, 1.807) is 6.21 Å². The first-order valence-corrected chi connectivity index (χ1v) is 4.44. The minimum atomic E-state index is 0.140. The third kappa shape index (κ3) is 3.74. The molecule has 1 aromatic rings. The van der Waals surface area contributed by atoms with Crippen LogP contribution in [0.5, 0.6) is 0 Å². The largest absolute Gasteiger partial charge is 0.393 e. The lowest BCUT2D eigenvalue weighted by molar-refractivity contribution is 0.0874. The standard InChI is InChI=1S/C11H15NO/c1-9(2)13-12-8-11-6-4-10(3)5-7-11/h4-9H,1-3H3. The van der Waals surface area contributed by atoms with Crippen LogP contribution in [-0.2, 0) is 4.84 Å². The molecular formula is C11H15NO. The van der Waals surface area contributed by atoms with E-state index in [4.69, 9.17) is 4.84 Å². The van der Waals surface area contributed by atoms with Crippen LogP contribution in [0.1, 0.15) is 25.0 Å². The molecule has 0 fully saturated rings. The molecule has 70 valence electrons. The van der Waals surface area contributed by atoms with Crippen LogP contribution in [0.4, 0.5) is 0 Å². The highest BCUT2D eigenvalue weighted by molar-refractivity contribution is 5.79. The topological polar surface area (TPSA) is 21.6 Å². The molecule has 0 unspecified atom stereocenters. The maximum absolute atomic E-state index is 5.05. The third-order valence-electron chi connectivity index (χ3n) is 1.55. The van der Waals surface area contributed by atoms with E-state index in [2.05, 4.69) is 24.2 Å². The van der Waals surface area contributed by atoms with Crippen molar-refractivity contribution in [2.75, 3.05) is 0 Å². The van der Waals surface area contributed by atoms with Gasteiger partial charge in [0, 0.05) is 0 Å². The van der Waals surface area contributed by atoms with Crippen molar-refractivity contribution in [3.05, 3.63) is 35.4 Å². The zero-order valence-electron chi connectivity index (χ0n) is 8.32.